The number of benzene rings is 3. The molecule has 0 aliphatic rings. The molecule has 0 aromatic heterocycles. The van der Waals surface area contributed by atoms with Crippen LogP contribution in [0.5, 0.6) is 0 Å². The molecule has 0 saturated heterocycles. The van der Waals surface area contributed by atoms with E-state index in [4.69, 9.17) is 19.8 Å². The van der Waals surface area contributed by atoms with E-state index >= 15 is 0 Å². The van der Waals surface area contributed by atoms with Crippen molar-refractivity contribution < 1.29 is 28.6 Å². The molecule has 0 heterocycles. The molecule has 7 heteroatoms. The monoisotopic (exact) mass is 508 g/mol. The molecule has 29 heavy (non-hydrogen) atoms. The van der Waals surface area contributed by atoms with Gasteiger partial charge in [-0.15, -0.1) is 0 Å². The van der Waals surface area contributed by atoms with Gasteiger partial charge in [0, 0.05) is 0 Å². The van der Waals surface area contributed by atoms with Gasteiger partial charge in [0.1, 0.15) is 0 Å². The van der Waals surface area contributed by atoms with Crippen LogP contribution in [0.15, 0.2) is 91.0 Å². The minimum atomic E-state index is -1.83. The van der Waals surface area contributed by atoms with Crippen LogP contribution in [0.1, 0.15) is 0 Å². The number of hydrogen-bond donors (Lipinski definition) is 2. The number of carboxylic acids is 2. The first-order valence-corrected chi connectivity index (χ1v) is 12.3. The van der Waals surface area contributed by atoms with Crippen LogP contribution in [-0.2, 0) is 9.59 Å². The fraction of sp³-hybridized carbons (Fsp3) is 0.0909. The van der Waals surface area contributed by atoms with Gasteiger partial charge in [0.25, 0.3) is 0 Å². The van der Waals surface area contributed by atoms with Gasteiger partial charge in [-0.1, -0.05) is 0 Å². The summed E-state index contributed by atoms with van der Waals surface area (Å²) in [7, 11) is 0. The van der Waals surface area contributed by atoms with Gasteiger partial charge >= 0.3 is 134 Å². The molecule has 4 nitrogen and oxygen atoms in total. The van der Waals surface area contributed by atoms with Crippen LogP contribution in [0.3, 0.4) is 0 Å². The van der Waals surface area contributed by atoms with Crippen molar-refractivity contribution in [3.63, 3.8) is 0 Å². The van der Waals surface area contributed by atoms with Crippen molar-refractivity contribution in [1.29, 1.82) is 0 Å². The average Bonchev–Trinajstić information content (AvgIpc) is 2.77. The minimum absolute atomic E-state index is 1.28. The van der Waals surface area contributed by atoms with Crippen molar-refractivity contribution in [3.8, 4) is 0 Å². The second-order valence-corrected chi connectivity index (χ2v) is 11.7. The number of aliphatic carboxylic acids is 2. The van der Waals surface area contributed by atoms with Crippen LogP contribution in [-0.4, -0.2) is 55.7 Å². The van der Waals surface area contributed by atoms with Gasteiger partial charge in [-0.25, -0.2) is 18.4 Å². The first kappa shape index (κ1) is 24.3. The zero-order valence-electron chi connectivity index (χ0n) is 15.5. The van der Waals surface area contributed by atoms with E-state index in [2.05, 4.69) is 91.0 Å². The quantitative estimate of drug-likeness (QED) is 0.518. The van der Waals surface area contributed by atoms with Gasteiger partial charge in [0.2, 0.25) is 0 Å². The van der Waals surface area contributed by atoms with Crippen LogP contribution in [0.4, 0.5) is 8.78 Å². The summed E-state index contributed by atoms with van der Waals surface area (Å²) in [6, 6.07) is 32.9. The second kappa shape index (κ2) is 14.3. The van der Waals surface area contributed by atoms with Gasteiger partial charge in [-0.2, -0.15) is 0 Å². The summed E-state index contributed by atoms with van der Waals surface area (Å²) in [5.74, 6) is -2.82. The topological polar surface area (TPSA) is 74.6 Å². The van der Waals surface area contributed by atoms with Gasteiger partial charge in [-0.05, 0) is 0 Å². The predicted molar refractivity (Wildman–Crippen MR) is 111 cm³/mol. The predicted octanol–water partition coefficient (Wildman–Crippen LogP) is 2.28. The number of carboxylic acid groups (broad SMARTS) is 2. The van der Waals surface area contributed by atoms with Gasteiger partial charge in [-0.3, -0.25) is 0 Å². The third-order valence-corrected chi connectivity index (χ3v) is 10.2. The average molecular weight is 509 g/mol. The molecule has 0 unspecified atom stereocenters. The van der Waals surface area contributed by atoms with E-state index in [9.17, 15) is 8.78 Å². The molecule has 0 fully saturated rings. The van der Waals surface area contributed by atoms with Gasteiger partial charge in [0.05, 0.1) is 0 Å². The Bertz CT molecular complexity index is 739. The first-order chi connectivity index (χ1) is 14.0. The molecule has 0 saturated carbocycles. The van der Waals surface area contributed by atoms with Crippen molar-refractivity contribution in [2.75, 3.05) is 13.3 Å². The van der Waals surface area contributed by atoms with E-state index in [-0.39, 0.29) is 0 Å². The Hall–Kier alpha value is -2.72. The van der Waals surface area contributed by atoms with Crippen LogP contribution in [0, 0.1) is 0 Å². The summed E-state index contributed by atoms with van der Waals surface area (Å²) >= 11 is -1.83. The number of alkyl halides is 2. The van der Waals surface area contributed by atoms with E-state index in [1.54, 1.807) is 0 Å². The molecule has 152 valence electrons. The Morgan fingerprint density at radius 3 is 0.966 bits per heavy atom. The Labute approximate surface area is 175 Å². The normalized spacial score (nSPS) is 9.48. The molecule has 3 rings (SSSR count). The van der Waals surface area contributed by atoms with Crippen LogP contribution in [0.25, 0.3) is 0 Å². The third kappa shape index (κ3) is 9.86. The molecule has 0 atom stereocenters. The molecule has 3 aromatic rings. The number of halogens is 2. The van der Waals surface area contributed by atoms with Crippen molar-refractivity contribution in [3.05, 3.63) is 91.0 Å². The van der Waals surface area contributed by atoms with Gasteiger partial charge in [0.15, 0.2) is 13.3 Å². The summed E-state index contributed by atoms with van der Waals surface area (Å²) in [6.07, 6.45) is 0. The van der Waals surface area contributed by atoms with E-state index in [0.29, 0.717) is 0 Å². The molecule has 0 bridgehead atoms. The van der Waals surface area contributed by atoms with Crippen LogP contribution in [0.2, 0.25) is 0 Å². The van der Waals surface area contributed by atoms with Crippen molar-refractivity contribution in [1.82, 2.24) is 0 Å². The summed E-state index contributed by atoms with van der Waals surface area (Å²) in [4.78, 5) is 18.0. The standard InChI is InChI=1S/3C6H5.2C2H3FO2.Sb/c3*1-2-4-6-5-3-1;2*3-1-2(4)5;/h3*1-5H;2*1H2,(H,4,5);. The van der Waals surface area contributed by atoms with Crippen LogP contribution < -0.4 is 10.5 Å². The Morgan fingerprint density at radius 1 is 0.586 bits per heavy atom. The molecule has 2 N–H and O–H groups in total. The molecule has 0 radical (unpaired) electrons. The molecular formula is C22H21F2O4Sb. The van der Waals surface area contributed by atoms with Crippen molar-refractivity contribution in [2.45, 2.75) is 0 Å². The van der Waals surface area contributed by atoms with E-state index < -0.39 is 45.5 Å². The summed E-state index contributed by atoms with van der Waals surface area (Å²) in [5.41, 5.74) is 0. The van der Waals surface area contributed by atoms with Gasteiger partial charge < -0.3 is 10.2 Å². The Morgan fingerprint density at radius 2 is 0.793 bits per heavy atom. The van der Waals surface area contributed by atoms with E-state index in [1.165, 1.54) is 10.5 Å². The second-order valence-electron chi connectivity index (χ2n) is 5.40. The third-order valence-electron chi connectivity index (χ3n) is 3.27. The summed E-state index contributed by atoms with van der Waals surface area (Å²) in [5, 5.41) is 14.7. The first-order valence-electron chi connectivity index (χ1n) is 8.50. The molecule has 0 aliphatic carbocycles. The zero-order valence-corrected chi connectivity index (χ0v) is 18.0. The maximum absolute atomic E-state index is 10.5. The van der Waals surface area contributed by atoms with Crippen LogP contribution >= 0.6 is 0 Å². The zero-order chi connectivity index (χ0) is 21.5. The Balaban J connectivity index is 0.000000353. The molecular weight excluding hydrogens is 488 g/mol. The number of rotatable bonds is 5. The van der Waals surface area contributed by atoms with Crippen molar-refractivity contribution >= 4 is 42.7 Å². The number of carbonyl (C=O) groups is 2. The summed E-state index contributed by atoms with van der Waals surface area (Å²) in [6.45, 7) is -2.56. The Kier molecular flexibility index (Phi) is 12.0. The summed E-state index contributed by atoms with van der Waals surface area (Å²) < 4.78 is 25.6. The SMILES string of the molecule is O=C(O)CF.O=C(O)CF.c1cc[c]([Sb]([c]2ccccc2)[c]2ccccc2)cc1. The molecule has 3 aromatic carbocycles. The fourth-order valence-corrected chi connectivity index (χ4v) is 8.76. The van der Waals surface area contributed by atoms with E-state index in [1.807, 2.05) is 0 Å². The molecule has 0 amide bonds. The molecule has 0 spiro atoms. The van der Waals surface area contributed by atoms with E-state index in [0.717, 1.165) is 0 Å². The maximum atomic E-state index is 10.5. The number of hydrogen-bond acceptors (Lipinski definition) is 2. The fourth-order valence-electron chi connectivity index (χ4n) is 2.18. The van der Waals surface area contributed by atoms with Crippen molar-refractivity contribution in [2.24, 2.45) is 0 Å². The molecule has 0 aliphatic heterocycles.